The summed E-state index contributed by atoms with van der Waals surface area (Å²) in [7, 11) is 0. The quantitative estimate of drug-likeness (QED) is 0.363. The molecule has 1 amide bonds. The number of hydrogen-bond donors (Lipinski definition) is 0. The number of likely N-dealkylation sites (tertiary alicyclic amines) is 2. The largest absolute Gasteiger partial charge is 0.342 e. The van der Waals surface area contributed by atoms with Gasteiger partial charge in [-0.25, -0.2) is 13.5 Å². The Morgan fingerprint density at radius 2 is 1.72 bits per heavy atom. The zero-order valence-electron chi connectivity index (χ0n) is 23.3. The van der Waals surface area contributed by atoms with Crippen LogP contribution < -0.4 is 0 Å². The summed E-state index contributed by atoms with van der Waals surface area (Å²) in [5, 5.41) is 5.49. The SMILES string of the molecule is Cc1cc(C2CCN(C(=O)[C@@H]3CN(C(C)(C)C)C[C@H]3c3ccc(F)cc3F)CC2)n(-c2ccc(Cl)c(C)c2)n1. The fraction of sp³-hybridized carbons (Fsp3) is 0.484. The lowest BCUT2D eigenvalue weighted by Crippen LogP contribution is -2.44. The Morgan fingerprint density at radius 3 is 2.36 bits per heavy atom. The molecule has 0 spiro atoms. The summed E-state index contributed by atoms with van der Waals surface area (Å²) in [5.41, 5.74) is 4.35. The van der Waals surface area contributed by atoms with Crippen LogP contribution in [0.3, 0.4) is 0 Å². The van der Waals surface area contributed by atoms with Gasteiger partial charge in [-0.05, 0) is 88.9 Å². The van der Waals surface area contributed by atoms with Gasteiger partial charge in [-0.3, -0.25) is 9.69 Å². The van der Waals surface area contributed by atoms with E-state index in [0.29, 0.717) is 31.7 Å². The summed E-state index contributed by atoms with van der Waals surface area (Å²) < 4.78 is 30.5. The van der Waals surface area contributed by atoms with E-state index in [1.807, 2.05) is 41.6 Å². The van der Waals surface area contributed by atoms with Crippen molar-refractivity contribution in [2.45, 2.75) is 64.8 Å². The zero-order chi connectivity index (χ0) is 28.1. The lowest BCUT2D eigenvalue weighted by molar-refractivity contribution is -0.136. The van der Waals surface area contributed by atoms with Gasteiger partial charge < -0.3 is 4.90 Å². The first-order valence-corrected chi connectivity index (χ1v) is 14.1. The van der Waals surface area contributed by atoms with E-state index in [4.69, 9.17) is 16.7 Å². The molecule has 2 saturated heterocycles. The predicted molar refractivity (Wildman–Crippen MR) is 151 cm³/mol. The van der Waals surface area contributed by atoms with Crippen molar-refractivity contribution in [3.05, 3.63) is 81.6 Å². The molecule has 5 nitrogen and oxygen atoms in total. The molecule has 2 aromatic carbocycles. The van der Waals surface area contributed by atoms with Crippen LogP contribution in [0.15, 0.2) is 42.5 Å². The van der Waals surface area contributed by atoms with E-state index in [1.54, 1.807) is 0 Å². The number of carbonyl (C=O) groups is 1. The molecule has 3 heterocycles. The van der Waals surface area contributed by atoms with Gasteiger partial charge in [0.1, 0.15) is 11.6 Å². The minimum atomic E-state index is -0.602. The van der Waals surface area contributed by atoms with Gasteiger partial charge >= 0.3 is 0 Å². The van der Waals surface area contributed by atoms with E-state index >= 15 is 0 Å². The highest BCUT2D eigenvalue weighted by molar-refractivity contribution is 6.31. The first-order valence-electron chi connectivity index (χ1n) is 13.7. The van der Waals surface area contributed by atoms with E-state index in [-0.39, 0.29) is 29.2 Å². The average Bonchev–Trinajstić information content (AvgIpc) is 3.50. The van der Waals surface area contributed by atoms with Gasteiger partial charge in [-0.1, -0.05) is 17.7 Å². The summed E-state index contributed by atoms with van der Waals surface area (Å²) in [4.78, 5) is 18.1. The van der Waals surface area contributed by atoms with Crippen molar-refractivity contribution >= 4 is 17.5 Å². The van der Waals surface area contributed by atoms with Gasteiger partial charge in [0.15, 0.2) is 0 Å². The monoisotopic (exact) mass is 554 g/mol. The van der Waals surface area contributed by atoms with Crippen molar-refractivity contribution in [2.75, 3.05) is 26.2 Å². The molecular weight excluding hydrogens is 518 g/mol. The smallest absolute Gasteiger partial charge is 0.227 e. The summed E-state index contributed by atoms with van der Waals surface area (Å²) in [6.07, 6.45) is 1.66. The van der Waals surface area contributed by atoms with Crippen LogP contribution in [0.25, 0.3) is 5.69 Å². The minimum Gasteiger partial charge on any atom is -0.342 e. The maximum absolute atomic E-state index is 14.9. The molecule has 1 aromatic heterocycles. The number of hydrogen-bond acceptors (Lipinski definition) is 3. The summed E-state index contributed by atoms with van der Waals surface area (Å²) >= 11 is 6.25. The number of rotatable bonds is 4. The van der Waals surface area contributed by atoms with Gasteiger partial charge in [-0.15, -0.1) is 0 Å². The van der Waals surface area contributed by atoms with Crippen molar-refractivity contribution in [3.8, 4) is 5.69 Å². The second kappa shape index (κ2) is 10.7. The maximum Gasteiger partial charge on any atom is 0.227 e. The van der Waals surface area contributed by atoms with E-state index in [1.165, 1.54) is 12.1 Å². The van der Waals surface area contributed by atoms with Crippen LogP contribution in [0.4, 0.5) is 8.78 Å². The molecule has 5 rings (SSSR count). The van der Waals surface area contributed by atoms with E-state index < -0.39 is 11.6 Å². The zero-order valence-corrected chi connectivity index (χ0v) is 24.1. The normalized spacial score (nSPS) is 21.1. The number of aromatic nitrogens is 2. The molecular formula is C31H37ClF2N4O. The van der Waals surface area contributed by atoms with Crippen LogP contribution in [0.2, 0.25) is 5.02 Å². The molecule has 2 aliphatic rings. The molecule has 2 atom stereocenters. The highest BCUT2D eigenvalue weighted by Crippen LogP contribution is 2.40. The van der Waals surface area contributed by atoms with Gasteiger partial charge in [0.2, 0.25) is 5.91 Å². The first-order chi connectivity index (χ1) is 18.4. The fourth-order valence-electron chi connectivity index (χ4n) is 6.13. The Morgan fingerprint density at radius 1 is 1.00 bits per heavy atom. The Bertz CT molecular complexity index is 1370. The van der Waals surface area contributed by atoms with Gasteiger partial charge in [0.25, 0.3) is 0 Å². The molecule has 0 aliphatic carbocycles. The number of benzene rings is 2. The van der Waals surface area contributed by atoms with Crippen LogP contribution in [0.5, 0.6) is 0 Å². The third-order valence-corrected chi connectivity index (χ3v) is 8.84. The van der Waals surface area contributed by atoms with Gasteiger partial charge in [0.05, 0.1) is 17.3 Å². The molecule has 0 radical (unpaired) electrons. The number of halogens is 3. The van der Waals surface area contributed by atoms with Crippen molar-refractivity contribution in [3.63, 3.8) is 0 Å². The third kappa shape index (κ3) is 5.62. The van der Waals surface area contributed by atoms with Crippen molar-refractivity contribution in [2.24, 2.45) is 5.92 Å². The number of carbonyl (C=O) groups excluding carboxylic acids is 1. The highest BCUT2D eigenvalue weighted by Gasteiger charge is 2.44. The van der Waals surface area contributed by atoms with E-state index in [9.17, 15) is 13.6 Å². The Balaban J connectivity index is 1.34. The second-order valence-electron chi connectivity index (χ2n) is 12.1. The summed E-state index contributed by atoms with van der Waals surface area (Å²) in [6.45, 7) is 12.7. The third-order valence-electron chi connectivity index (χ3n) is 8.42. The molecule has 3 aromatic rings. The Kier molecular flexibility index (Phi) is 7.59. The van der Waals surface area contributed by atoms with Crippen LogP contribution in [-0.4, -0.2) is 57.2 Å². The standard InChI is InChI=1S/C31H37ClF2N4O/c1-19-14-23(7-9-27(19)32)38-29(15-20(2)35-38)21-10-12-36(13-11-21)30(39)26-18-37(31(3,4)5)17-25(26)24-8-6-22(33)16-28(24)34/h6-9,14-16,21,25-26H,10-13,17-18H2,1-5H3/t25-,26+/m0/s1. The molecule has 8 heteroatoms. The number of amides is 1. The van der Waals surface area contributed by atoms with Crippen LogP contribution in [0, 0.1) is 31.4 Å². The van der Waals surface area contributed by atoms with Gasteiger partial charge in [0, 0.05) is 60.3 Å². The predicted octanol–water partition coefficient (Wildman–Crippen LogP) is 6.64. The lowest BCUT2D eigenvalue weighted by Gasteiger charge is -2.35. The van der Waals surface area contributed by atoms with Crippen molar-refractivity contribution in [1.82, 2.24) is 19.6 Å². The number of aryl methyl sites for hydroxylation is 2. The molecule has 0 unspecified atom stereocenters. The average molecular weight is 555 g/mol. The molecule has 0 saturated carbocycles. The topological polar surface area (TPSA) is 41.4 Å². The lowest BCUT2D eigenvalue weighted by atomic mass is 9.86. The number of nitrogens with zero attached hydrogens (tertiary/aromatic N) is 4. The van der Waals surface area contributed by atoms with Crippen molar-refractivity contribution < 1.29 is 13.6 Å². The molecule has 0 bridgehead atoms. The van der Waals surface area contributed by atoms with Crippen molar-refractivity contribution in [1.29, 1.82) is 0 Å². The van der Waals surface area contributed by atoms with Crippen LogP contribution in [-0.2, 0) is 4.79 Å². The molecule has 0 N–H and O–H groups in total. The van der Waals surface area contributed by atoms with E-state index in [2.05, 4.69) is 31.7 Å². The van der Waals surface area contributed by atoms with Gasteiger partial charge in [-0.2, -0.15) is 5.10 Å². The fourth-order valence-corrected chi connectivity index (χ4v) is 6.24. The molecule has 208 valence electrons. The molecule has 2 aliphatic heterocycles. The summed E-state index contributed by atoms with van der Waals surface area (Å²) in [6, 6.07) is 11.8. The Labute approximate surface area is 234 Å². The minimum absolute atomic E-state index is 0.0620. The van der Waals surface area contributed by atoms with Crippen LogP contribution >= 0.6 is 11.6 Å². The summed E-state index contributed by atoms with van der Waals surface area (Å²) in [5.74, 6) is -1.53. The first kappa shape index (κ1) is 27.8. The van der Waals surface area contributed by atoms with Crippen LogP contribution in [0.1, 0.15) is 68.0 Å². The maximum atomic E-state index is 14.9. The second-order valence-corrected chi connectivity index (χ2v) is 12.5. The number of piperidine rings is 1. The Hall–Kier alpha value is -2.77. The molecule has 2 fully saturated rings. The molecule has 39 heavy (non-hydrogen) atoms. The van der Waals surface area contributed by atoms with E-state index in [0.717, 1.165) is 46.6 Å². The highest BCUT2D eigenvalue weighted by atomic mass is 35.5.